The van der Waals surface area contributed by atoms with E-state index in [2.05, 4.69) is 10.3 Å². The molecule has 5 nitrogen and oxygen atoms in total. The van der Waals surface area contributed by atoms with Crippen molar-refractivity contribution in [1.29, 1.82) is 0 Å². The van der Waals surface area contributed by atoms with Crippen molar-refractivity contribution in [2.75, 3.05) is 5.32 Å². The smallest absolute Gasteiger partial charge is 0.285 e. The molecule has 5 rings (SSSR count). The molecule has 0 radical (unpaired) electrons. The first kappa shape index (κ1) is 15.6. The van der Waals surface area contributed by atoms with E-state index in [1.807, 2.05) is 71.0 Å². The Labute approximate surface area is 158 Å². The first-order chi connectivity index (χ1) is 12.8. The number of thiazole rings is 1. The number of amides is 1. The fourth-order valence-corrected chi connectivity index (χ4v) is 4.92. The normalized spacial score (nSPS) is 13.1. The van der Waals surface area contributed by atoms with Crippen LogP contribution in [-0.4, -0.2) is 20.7 Å². The van der Waals surface area contributed by atoms with Gasteiger partial charge in [0.15, 0.2) is 5.01 Å². The molecule has 1 amide bonds. The molecule has 3 heterocycles. The Morgan fingerprint density at radius 3 is 2.69 bits per heavy atom. The summed E-state index contributed by atoms with van der Waals surface area (Å²) >= 11 is 3.22. The Morgan fingerprint density at radius 1 is 1.04 bits per heavy atom. The summed E-state index contributed by atoms with van der Waals surface area (Å²) in [6, 6.07) is 17.7. The van der Waals surface area contributed by atoms with Gasteiger partial charge in [0.05, 0.1) is 21.6 Å². The Hall–Kier alpha value is -2.64. The van der Waals surface area contributed by atoms with Gasteiger partial charge < -0.3 is 5.32 Å². The summed E-state index contributed by atoms with van der Waals surface area (Å²) in [6.45, 7) is 0. The molecule has 0 fully saturated rings. The topological polar surface area (TPSA) is 59.8 Å². The van der Waals surface area contributed by atoms with Gasteiger partial charge in [-0.25, -0.2) is 9.67 Å². The number of hydrogen-bond donors (Lipinski definition) is 1. The Morgan fingerprint density at radius 2 is 1.85 bits per heavy atom. The maximum absolute atomic E-state index is 12.9. The minimum Gasteiger partial charge on any atom is -0.304 e. The van der Waals surface area contributed by atoms with Crippen molar-refractivity contribution in [2.24, 2.45) is 0 Å². The summed E-state index contributed by atoms with van der Waals surface area (Å²) in [5.41, 5.74) is 3.93. The minimum atomic E-state index is -0.192. The zero-order chi connectivity index (χ0) is 17.5. The third-order valence-electron chi connectivity index (χ3n) is 4.27. The summed E-state index contributed by atoms with van der Waals surface area (Å²) in [5.74, 6) is 2.29. The van der Waals surface area contributed by atoms with Crippen LogP contribution in [0.1, 0.15) is 21.1 Å². The third kappa shape index (κ3) is 2.60. The van der Waals surface area contributed by atoms with E-state index < -0.39 is 0 Å². The van der Waals surface area contributed by atoms with Crippen molar-refractivity contribution in [1.82, 2.24) is 14.8 Å². The van der Waals surface area contributed by atoms with Gasteiger partial charge in [0.1, 0.15) is 5.82 Å². The first-order valence-corrected chi connectivity index (χ1v) is 10.2. The van der Waals surface area contributed by atoms with Crippen LogP contribution >= 0.6 is 23.1 Å². The third-order valence-corrected chi connectivity index (χ3v) is 6.28. The molecule has 2 aromatic carbocycles. The minimum absolute atomic E-state index is 0.192. The number of nitrogens with zero attached hydrogens (tertiary/aromatic N) is 3. The number of hydrogen-bond acceptors (Lipinski definition) is 5. The molecule has 0 saturated carbocycles. The van der Waals surface area contributed by atoms with Gasteiger partial charge >= 0.3 is 0 Å². The Bertz CT molecular complexity index is 1080. The number of carbonyl (C=O) groups is 1. The first-order valence-electron chi connectivity index (χ1n) is 8.20. The number of para-hydroxylation sites is 2. The molecule has 1 aliphatic rings. The van der Waals surface area contributed by atoms with Crippen molar-refractivity contribution in [3.05, 3.63) is 70.9 Å². The van der Waals surface area contributed by atoms with E-state index in [4.69, 9.17) is 5.10 Å². The van der Waals surface area contributed by atoms with Crippen LogP contribution in [0.25, 0.3) is 15.9 Å². The predicted octanol–water partition coefficient (Wildman–Crippen LogP) is 4.48. The van der Waals surface area contributed by atoms with Gasteiger partial charge in [-0.3, -0.25) is 4.79 Å². The largest absolute Gasteiger partial charge is 0.304 e. The molecule has 4 aromatic rings. The highest BCUT2D eigenvalue weighted by Crippen LogP contribution is 2.36. The van der Waals surface area contributed by atoms with Gasteiger partial charge in [-0.05, 0) is 24.3 Å². The maximum atomic E-state index is 12.9. The molecule has 1 aliphatic heterocycles. The average Bonchev–Trinajstić information content (AvgIpc) is 3.37. The number of nitrogens with one attached hydrogen (secondary N) is 1. The lowest BCUT2D eigenvalue weighted by Crippen LogP contribution is -2.16. The Kier molecular flexibility index (Phi) is 3.76. The molecule has 0 saturated heterocycles. The SMILES string of the molecule is O=C(Nc1c2c(nn1-c1ccccc1)CSC2)c1nc2ccccc2s1. The molecule has 0 bridgehead atoms. The monoisotopic (exact) mass is 378 g/mol. The summed E-state index contributed by atoms with van der Waals surface area (Å²) < 4.78 is 2.84. The van der Waals surface area contributed by atoms with Gasteiger partial charge in [-0.1, -0.05) is 30.3 Å². The van der Waals surface area contributed by atoms with Gasteiger partial charge in [0.2, 0.25) is 0 Å². The quantitative estimate of drug-likeness (QED) is 0.571. The number of fused-ring (bicyclic) bond motifs is 2. The van der Waals surface area contributed by atoms with Crippen molar-refractivity contribution in [3.63, 3.8) is 0 Å². The van der Waals surface area contributed by atoms with Crippen LogP contribution in [0, 0.1) is 0 Å². The van der Waals surface area contributed by atoms with E-state index >= 15 is 0 Å². The number of aromatic nitrogens is 3. The van der Waals surface area contributed by atoms with Crippen LogP contribution in [0.15, 0.2) is 54.6 Å². The van der Waals surface area contributed by atoms with Crippen molar-refractivity contribution in [2.45, 2.75) is 11.5 Å². The number of carbonyl (C=O) groups excluding carboxylic acids is 1. The lowest BCUT2D eigenvalue weighted by Gasteiger charge is -2.10. The van der Waals surface area contributed by atoms with E-state index in [-0.39, 0.29) is 5.91 Å². The molecule has 128 valence electrons. The molecule has 7 heteroatoms. The molecule has 0 aliphatic carbocycles. The van der Waals surface area contributed by atoms with Gasteiger partial charge in [0.25, 0.3) is 5.91 Å². The molecule has 26 heavy (non-hydrogen) atoms. The fourth-order valence-electron chi connectivity index (χ4n) is 3.03. The number of anilines is 1. The van der Waals surface area contributed by atoms with Crippen LogP contribution in [0.2, 0.25) is 0 Å². The summed E-state index contributed by atoms with van der Waals surface area (Å²) in [7, 11) is 0. The van der Waals surface area contributed by atoms with Crippen LogP contribution in [0.5, 0.6) is 0 Å². The molecule has 0 unspecified atom stereocenters. The van der Waals surface area contributed by atoms with Crippen LogP contribution in [0.4, 0.5) is 5.82 Å². The van der Waals surface area contributed by atoms with Gasteiger partial charge in [-0.15, -0.1) is 11.3 Å². The van der Waals surface area contributed by atoms with Crippen molar-refractivity contribution in [3.8, 4) is 5.69 Å². The van der Waals surface area contributed by atoms with Crippen molar-refractivity contribution >= 4 is 45.0 Å². The second kappa shape index (κ2) is 6.26. The molecule has 1 N–H and O–H groups in total. The van der Waals surface area contributed by atoms with Crippen LogP contribution in [0.3, 0.4) is 0 Å². The molecule has 0 spiro atoms. The molecular weight excluding hydrogens is 364 g/mol. The zero-order valence-electron chi connectivity index (χ0n) is 13.7. The predicted molar refractivity (Wildman–Crippen MR) is 106 cm³/mol. The van der Waals surface area contributed by atoms with Crippen LogP contribution < -0.4 is 5.32 Å². The van der Waals surface area contributed by atoms with E-state index in [0.717, 1.165) is 44.5 Å². The van der Waals surface area contributed by atoms with E-state index in [9.17, 15) is 4.79 Å². The summed E-state index contributed by atoms with van der Waals surface area (Å²) in [5, 5.41) is 8.24. The standard InChI is InChI=1S/C19H14N4OS2/c24-18(19-20-14-8-4-5-9-16(14)26-19)21-17-13-10-25-11-15(13)22-23(17)12-6-2-1-3-7-12/h1-9H,10-11H2,(H,21,24). The van der Waals surface area contributed by atoms with E-state index in [1.54, 1.807) is 0 Å². The highest BCUT2D eigenvalue weighted by atomic mass is 32.2. The van der Waals surface area contributed by atoms with E-state index in [0.29, 0.717) is 5.01 Å². The second-order valence-electron chi connectivity index (χ2n) is 5.95. The molecule has 2 aromatic heterocycles. The molecule has 0 atom stereocenters. The lowest BCUT2D eigenvalue weighted by molar-refractivity contribution is 0.102. The zero-order valence-corrected chi connectivity index (χ0v) is 15.3. The fraction of sp³-hybridized carbons (Fsp3) is 0.105. The van der Waals surface area contributed by atoms with E-state index in [1.165, 1.54) is 11.3 Å². The highest BCUT2D eigenvalue weighted by molar-refractivity contribution is 7.98. The second-order valence-corrected chi connectivity index (χ2v) is 7.97. The summed E-state index contributed by atoms with van der Waals surface area (Å²) in [4.78, 5) is 17.3. The summed E-state index contributed by atoms with van der Waals surface area (Å²) in [6.07, 6.45) is 0. The van der Waals surface area contributed by atoms with Gasteiger partial charge in [-0.2, -0.15) is 16.9 Å². The lowest BCUT2D eigenvalue weighted by atomic mass is 10.2. The number of thioether (sulfide) groups is 1. The number of rotatable bonds is 3. The average molecular weight is 378 g/mol. The number of benzene rings is 2. The molecular formula is C19H14N4OS2. The Balaban J connectivity index is 1.54. The maximum Gasteiger partial charge on any atom is 0.285 e. The van der Waals surface area contributed by atoms with Crippen LogP contribution in [-0.2, 0) is 11.5 Å². The van der Waals surface area contributed by atoms with Crippen molar-refractivity contribution < 1.29 is 4.79 Å². The highest BCUT2D eigenvalue weighted by Gasteiger charge is 2.25. The van der Waals surface area contributed by atoms with Gasteiger partial charge in [0, 0.05) is 17.1 Å².